The number of carboxylic acids is 1. The molecule has 3 aromatic rings. The zero-order chi connectivity index (χ0) is 27.7. The number of aryl methyl sites for hydroxylation is 1. The molecule has 8 heteroatoms. The van der Waals surface area contributed by atoms with Gasteiger partial charge in [-0.25, -0.2) is 9.37 Å². The smallest absolute Gasteiger partial charge is 0.303 e. The van der Waals surface area contributed by atoms with Gasteiger partial charge in [0.1, 0.15) is 17.2 Å². The van der Waals surface area contributed by atoms with Crippen LogP contribution in [-0.4, -0.2) is 31.9 Å². The van der Waals surface area contributed by atoms with Crippen molar-refractivity contribution >= 4 is 22.6 Å². The van der Waals surface area contributed by atoms with Crippen LogP contribution in [-0.2, 0) is 16.1 Å². The van der Waals surface area contributed by atoms with Gasteiger partial charge in [0, 0.05) is 24.8 Å². The van der Waals surface area contributed by atoms with Gasteiger partial charge in [-0.2, -0.15) is 0 Å². The number of hydrogen-bond acceptors (Lipinski definition) is 5. The summed E-state index contributed by atoms with van der Waals surface area (Å²) >= 11 is 0. The second kappa shape index (κ2) is 10.8. The molecule has 2 unspecified atom stereocenters. The van der Waals surface area contributed by atoms with Crippen molar-refractivity contribution in [2.75, 3.05) is 0 Å². The normalized spacial score (nSPS) is 23.6. The number of carboxylic acid groups (broad SMARTS) is 1. The molecule has 0 amide bonds. The number of aliphatic carboxylic acids is 1. The fraction of sp³-hybridized carbons (Fsp3) is 0.375. The van der Waals surface area contributed by atoms with Crippen molar-refractivity contribution in [3.63, 3.8) is 0 Å². The van der Waals surface area contributed by atoms with Gasteiger partial charge in [-0.15, -0.1) is 0 Å². The van der Waals surface area contributed by atoms with Crippen molar-refractivity contribution in [3.8, 4) is 5.69 Å². The van der Waals surface area contributed by atoms with E-state index in [1.54, 1.807) is 18.2 Å². The Bertz CT molecular complexity index is 1590. The minimum Gasteiger partial charge on any atom is -0.481 e. The molecule has 3 atom stereocenters. The molecule has 6 rings (SSSR count). The SMILES string of the molecule is O=C(O)CCCCc1nc2cc(C3=NOC4(CC[C@@H](C5C=CC=CC5)C4)C3)ccc2c(=O)n1-c1ccc(F)cc1. The van der Waals surface area contributed by atoms with E-state index >= 15 is 0 Å². The highest BCUT2D eigenvalue weighted by atomic mass is 19.1. The van der Waals surface area contributed by atoms with E-state index in [9.17, 15) is 14.0 Å². The van der Waals surface area contributed by atoms with E-state index in [4.69, 9.17) is 14.9 Å². The fourth-order valence-electron chi connectivity index (χ4n) is 6.36. The van der Waals surface area contributed by atoms with Gasteiger partial charge in [-0.1, -0.05) is 35.5 Å². The van der Waals surface area contributed by atoms with Gasteiger partial charge in [0.2, 0.25) is 0 Å². The maximum atomic E-state index is 13.7. The third kappa shape index (κ3) is 5.22. The second-order valence-electron chi connectivity index (χ2n) is 11.2. The van der Waals surface area contributed by atoms with Crippen molar-refractivity contribution < 1.29 is 19.1 Å². The Kier molecular flexibility index (Phi) is 7.09. The molecule has 2 aromatic carbocycles. The Hall–Kier alpha value is -4.07. The molecule has 3 aliphatic rings. The number of carbonyl (C=O) groups is 1. The van der Waals surface area contributed by atoms with E-state index < -0.39 is 11.8 Å². The second-order valence-corrected chi connectivity index (χ2v) is 11.2. The fourth-order valence-corrected chi connectivity index (χ4v) is 6.36. The van der Waals surface area contributed by atoms with E-state index in [2.05, 4.69) is 29.5 Å². The summed E-state index contributed by atoms with van der Waals surface area (Å²) in [5.74, 6) is 0.406. The first-order valence-corrected chi connectivity index (χ1v) is 14.0. The number of oxime groups is 1. The number of hydrogen-bond donors (Lipinski definition) is 1. The summed E-state index contributed by atoms with van der Waals surface area (Å²) in [6, 6.07) is 11.3. The summed E-state index contributed by atoms with van der Waals surface area (Å²) in [4.78, 5) is 35.6. The van der Waals surface area contributed by atoms with Crippen molar-refractivity contribution in [1.82, 2.24) is 9.55 Å². The third-order valence-electron chi connectivity index (χ3n) is 8.46. The molecule has 40 heavy (non-hydrogen) atoms. The molecule has 1 N–H and O–H groups in total. The van der Waals surface area contributed by atoms with Crippen LogP contribution in [0, 0.1) is 17.7 Å². The van der Waals surface area contributed by atoms with Crippen LogP contribution in [0.25, 0.3) is 16.6 Å². The standard InChI is InChI=1S/C32H32FN3O4/c33-24-11-13-25(14-12-24)36-29(8-4-5-9-30(37)38)34-27-18-22(10-15-26(27)31(36)39)28-20-32(40-35-28)17-16-23(19-32)21-6-2-1-3-7-21/h1-3,6,10-15,18,21,23H,4-5,7-9,16-17,19-20H2,(H,37,38)/t21?,23-,32?/m1/s1. The van der Waals surface area contributed by atoms with Crippen LogP contribution in [0.5, 0.6) is 0 Å². The summed E-state index contributed by atoms with van der Waals surface area (Å²) < 4.78 is 15.1. The topological polar surface area (TPSA) is 93.8 Å². The highest BCUT2D eigenvalue weighted by Crippen LogP contribution is 2.47. The Morgan fingerprint density at radius 2 is 2.00 bits per heavy atom. The largest absolute Gasteiger partial charge is 0.481 e. The van der Waals surface area contributed by atoms with Crippen LogP contribution in [0.15, 0.2) is 76.7 Å². The van der Waals surface area contributed by atoms with Crippen LogP contribution in [0.3, 0.4) is 0 Å². The molecule has 7 nitrogen and oxygen atoms in total. The van der Waals surface area contributed by atoms with Crippen molar-refractivity contribution in [3.05, 3.63) is 94.3 Å². The van der Waals surface area contributed by atoms with Crippen LogP contribution in [0.4, 0.5) is 4.39 Å². The maximum Gasteiger partial charge on any atom is 0.303 e. The molecular formula is C32H32FN3O4. The Morgan fingerprint density at radius 3 is 2.77 bits per heavy atom. The van der Waals surface area contributed by atoms with Crippen LogP contribution in [0.2, 0.25) is 0 Å². The number of nitrogens with zero attached hydrogens (tertiary/aromatic N) is 3. The zero-order valence-electron chi connectivity index (χ0n) is 22.3. The first-order valence-electron chi connectivity index (χ1n) is 14.0. The average molecular weight is 542 g/mol. The quantitative estimate of drug-likeness (QED) is 0.347. The van der Waals surface area contributed by atoms with Gasteiger partial charge in [-0.05, 0) is 86.8 Å². The predicted octanol–water partition coefficient (Wildman–Crippen LogP) is 6.12. The molecule has 2 heterocycles. The predicted molar refractivity (Wildman–Crippen MR) is 151 cm³/mol. The Balaban J connectivity index is 1.28. The summed E-state index contributed by atoms with van der Waals surface area (Å²) in [7, 11) is 0. The average Bonchev–Trinajstić information content (AvgIpc) is 3.58. The summed E-state index contributed by atoms with van der Waals surface area (Å²) in [5.41, 5.74) is 2.32. The molecule has 2 aliphatic carbocycles. The zero-order valence-corrected chi connectivity index (χ0v) is 22.3. The number of aromatic nitrogens is 2. The van der Waals surface area contributed by atoms with E-state index in [0.717, 1.165) is 43.4 Å². The Labute approximate surface area is 231 Å². The summed E-state index contributed by atoms with van der Waals surface area (Å²) in [6.07, 6.45) is 15.2. The molecule has 1 spiro atoms. The third-order valence-corrected chi connectivity index (χ3v) is 8.46. The number of fused-ring (bicyclic) bond motifs is 1. The summed E-state index contributed by atoms with van der Waals surface area (Å²) in [6.45, 7) is 0. The van der Waals surface area contributed by atoms with Crippen molar-refractivity contribution in [2.24, 2.45) is 17.0 Å². The molecule has 1 saturated carbocycles. The number of rotatable bonds is 8. The lowest BCUT2D eigenvalue weighted by molar-refractivity contribution is -0.137. The molecule has 206 valence electrons. The number of halogens is 1. The van der Waals surface area contributed by atoms with Gasteiger partial charge in [0.15, 0.2) is 0 Å². The minimum absolute atomic E-state index is 0.0503. The number of allylic oxidation sites excluding steroid dienone is 4. The highest BCUT2D eigenvalue weighted by molar-refractivity contribution is 6.04. The first-order chi connectivity index (χ1) is 19.4. The minimum atomic E-state index is -0.856. The highest BCUT2D eigenvalue weighted by Gasteiger charge is 2.47. The van der Waals surface area contributed by atoms with E-state index in [1.165, 1.54) is 16.7 Å². The van der Waals surface area contributed by atoms with Gasteiger partial charge in [0.05, 0.1) is 22.3 Å². The van der Waals surface area contributed by atoms with E-state index in [-0.39, 0.29) is 17.6 Å². The Morgan fingerprint density at radius 1 is 1.15 bits per heavy atom. The molecule has 0 bridgehead atoms. The van der Waals surface area contributed by atoms with Crippen molar-refractivity contribution in [2.45, 2.75) is 63.4 Å². The molecule has 0 radical (unpaired) electrons. The van der Waals surface area contributed by atoms with E-state index in [1.807, 2.05) is 12.1 Å². The monoisotopic (exact) mass is 541 g/mol. The van der Waals surface area contributed by atoms with E-state index in [0.29, 0.717) is 53.5 Å². The lowest BCUT2D eigenvalue weighted by Crippen LogP contribution is -2.26. The maximum absolute atomic E-state index is 13.7. The van der Waals surface area contributed by atoms with Gasteiger partial charge >= 0.3 is 5.97 Å². The molecule has 1 aromatic heterocycles. The van der Waals surface area contributed by atoms with Crippen LogP contribution < -0.4 is 5.56 Å². The molecule has 1 aliphatic heterocycles. The van der Waals surface area contributed by atoms with Gasteiger partial charge < -0.3 is 9.94 Å². The number of unbranched alkanes of at least 4 members (excludes halogenated alkanes) is 1. The lowest BCUT2D eigenvalue weighted by Gasteiger charge is -2.24. The number of benzene rings is 2. The molecular weight excluding hydrogens is 509 g/mol. The molecule has 1 fully saturated rings. The lowest BCUT2D eigenvalue weighted by atomic mass is 9.84. The first kappa shape index (κ1) is 26.2. The van der Waals surface area contributed by atoms with Gasteiger partial charge in [0.25, 0.3) is 5.56 Å². The summed E-state index contributed by atoms with van der Waals surface area (Å²) in [5, 5.41) is 14.0. The van der Waals surface area contributed by atoms with Crippen molar-refractivity contribution in [1.29, 1.82) is 0 Å². The molecule has 0 saturated heterocycles. The van der Waals surface area contributed by atoms with Crippen LogP contribution in [0.1, 0.15) is 62.8 Å². The van der Waals surface area contributed by atoms with Crippen LogP contribution >= 0.6 is 0 Å². The van der Waals surface area contributed by atoms with Gasteiger partial charge in [-0.3, -0.25) is 14.2 Å².